The van der Waals surface area contributed by atoms with Crippen LogP contribution in [0.5, 0.6) is 0 Å². The summed E-state index contributed by atoms with van der Waals surface area (Å²) >= 11 is 1.24. The van der Waals surface area contributed by atoms with Crippen molar-refractivity contribution >= 4 is 64.1 Å². The number of benzene rings is 1. The number of carbonyl (C=O) groups excluding carboxylic acids is 9. The molecule has 408 valence electrons. The zero-order valence-corrected chi connectivity index (χ0v) is 45.7. The van der Waals surface area contributed by atoms with E-state index in [-0.39, 0.29) is 105 Å². The zero-order valence-electron chi connectivity index (χ0n) is 44.9. The molecule has 0 spiro atoms. The summed E-state index contributed by atoms with van der Waals surface area (Å²) in [4.78, 5) is 129. The van der Waals surface area contributed by atoms with Crippen LogP contribution in [0.4, 0.5) is 0 Å². The number of likely N-dealkylation sites (N-methyl/N-ethyl adjacent to an activating group) is 1. The van der Waals surface area contributed by atoms with Gasteiger partial charge in [0.05, 0.1) is 18.1 Å². The molecule has 0 unspecified atom stereocenters. The number of ether oxygens (including phenoxy) is 1. The lowest BCUT2D eigenvalue weighted by molar-refractivity contribution is -0.143. The normalized spacial score (nSPS) is 17.8. The third-order valence-corrected chi connectivity index (χ3v) is 15.5. The van der Waals surface area contributed by atoms with Gasteiger partial charge < -0.3 is 31.3 Å². The van der Waals surface area contributed by atoms with Crippen LogP contribution < -0.4 is 21.7 Å². The van der Waals surface area contributed by atoms with E-state index in [0.29, 0.717) is 37.2 Å². The molecule has 1 fully saturated rings. The molecule has 5 N–H and O–H groups in total. The second kappa shape index (κ2) is 30.8. The first-order chi connectivity index (χ1) is 35.3. The number of unbranched alkanes of at least 4 members (excludes halogenated alkanes) is 1. The first-order valence-electron chi connectivity index (χ1n) is 26.5. The number of ketones is 3. The summed E-state index contributed by atoms with van der Waals surface area (Å²) in [6.07, 6.45) is 7.68. The van der Waals surface area contributed by atoms with Gasteiger partial charge in [-0.25, -0.2) is 4.98 Å². The maximum absolute atomic E-state index is 14.3. The highest BCUT2D eigenvalue weighted by molar-refractivity contribution is 7.09. The second-order valence-electron chi connectivity index (χ2n) is 20.4. The zero-order chi connectivity index (χ0) is 54.5. The number of amides is 6. The summed E-state index contributed by atoms with van der Waals surface area (Å²) in [6.45, 7) is 11.1. The number of methoxy groups -OCH3 is 1. The number of thiazole rings is 1. The van der Waals surface area contributed by atoms with Crippen molar-refractivity contribution < 1.29 is 47.9 Å². The lowest BCUT2D eigenvalue weighted by Crippen LogP contribution is -2.48. The van der Waals surface area contributed by atoms with Crippen molar-refractivity contribution in [3.05, 3.63) is 64.1 Å². The largest absolute Gasteiger partial charge is 0.374 e. The van der Waals surface area contributed by atoms with Crippen molar-refractivity contribution in [2.75, 3.05) is 47.4 Å². The van der Waals surface area contributed by atoms with Crippen molar-refractivity contribution in [1.29, 1.82) is 0 Å². The van der Waals surface area contributed by atoms with Crippen LogP contribution in [-0.4, -0.2) is 144 Å². The number of carbonyl (C=O) groups is 9. The summed E-state index contributed by atoms with van der Waals surface area (Å²) in [5, 5.41) is 10.5. The van der Waals surface area contributed by atoms with E-state index >= 15 is 0 Å². The molecule has 0 aliphatic carbocycles. The van der Waals surface area contributed by atoms with Crippen LogP contribution >= 0.6 is 11.3 Å². The Morgan fingerprint density at radius 1 is 0.919 bits per heavy atom. The van der Waals surface area contributed by atoms with Gasteiger partial charge in [0.1, 0.15) is 16.8 Å². The molecule has 3 heterocycles. The van der Waals surface area contributed by atoms with E-state index in [4.69, 9.17) is 10.5 Å². The van der Waals surface area contributed by atoms with E-state index in [9.17, 15) is 43.2 Å². The van der Waals surface area contributed by atoms with Crippen LogP contribution in [0.1, 0.15) is 145 Å². The molecule has 0 saturated carbocycles. The van der Waals surface area contributed by atoms with Crippen molar-refractivity contribution in [1.82, 2.24) is 35.6 Å². The third-order valence-electron chi connectivity index (χ3n) is 14.6. The fourth-order valence-corrected chi connectivity index (χ4v) is 10.5. The van der Waals surface area contributed by atoms with Gasteiger partial charge >= 0.3 is 0 Å². The minimum absolute atomic E-state index is 0.00177. The Labute approximate surface area is 441 Å². The van der Waals surface area contributed by atoms with Crippen molar-refractivity contribution in [2.45, 2.75) is 155 Å². The number of hydrogen-bond donors (Lipinski definition) is 4. The summed E-state index contributed by atoms with van der Waals surface area (Å²) < 4.78 is 5.95. The number of rotatable bonds is 33. The molecule has 2 aliphatic rings. The molecule has 4 rings (SSSR count). The maximum Gasteiger partial charge on any atom is 0.271 e. The van der Waals surface area contributed by atoms with Crippen molar-refractivity contribution in [3.63, 3.8) is 0 Å². The van der Waals surface area contributed by atoms with Gasteiger partial charge in [-0.1, -0.05) is 70.9 Å². The molecule has 6 amide bonds. The second-order valence-corrected chi connectivity index (χ2v) is 21.3. The number of aromatic nitrogens is 1. The Balaban J connectivity index is 1.38. The summed E-state index contributed by atoms with van der Waals surface area (Å²) in [5.74, 6) is -4.31. The van der Waals surface area contributed by atoms with Gasteiger partial charge in [-0.3, -0.25) is 53.0 Å². The average molecular weight is 1050 g/mol. The molecular formula is C55H82N8O10S. The summed E-state index contributed by atoms with van der Waals surface area (Å²) in [7, 11) is 5.34. The van der Waals surface area contributed by atoms with Gasteiger partial charge in [-0.15, -0.1) is 11.3 Å². The van der Waals surface area contributed by atoms with Gasteiger partial charge in [0.15, 0.2) is 17.3 Å². The van der Waals surface area contributed by atoms with E-state index < -0.39 is 59.4 Å². The molecule has 1 aromatic carbocycles. The van der Waals surface area contributed by atoms with Crippen LogP contribution in [0, 0.1) is 23.7 Å². The van der Waals surface area contributed by atoms with Crippen LogP contribution in [0.2, 0.25) is 0 Å². The predicted molar refractivity (Wildman–Crippen MR) is 283 cm³/mol. The number of piperidine rings is 1. The number of hydrogen-bond acceptors (Lipinski definition) is 14. The van der Waals surface area contributed by atoms with Gasteiger partial charge in [0.2, 0.25) is 17.7 Å². The van der Waals surface area contributed by atoms with Crippen LogP contribution in [-0.2, 0) is 49.5 Å². The Bertz CT molecular complexity index is 2240. The number of Topliss-reactive ketones (excluding diaryl/α,β-unsaturated/α-hetero) is 3. The molecule has 0 bridgehead atoms. The molecule has 19 heteroatoms. The van der Waals surface area contributed by atoms with Gasteiger partial charge in [0, 0.05) is 94.8 Å². The van der Waals surface area contributed by atoms with Gasteiger partial charge in [-0.2, -0.15) is 0 Å². The van der Waals surface area contributed by atoms with E-state index in [1.807, 2.05) is 65.1 Å². The van der Waals surface area contributed by atoms with E-state index in [2.05, 4.69) is 25.8 Å². The Kier molecular flexibility index (Phi) is 25.4. The van der Waals surface area contributed by atoms with Gasteiger partial charge in [-0.05, 0) is 89.4 Å². The number of nitrogens with two attached hydrogens (primary N) is 1. The standard InChI is InChI=1S/C55H82N8O10S/c1-9-36(4)40(32-47(66)43-21-14-16-28-61(43)6)55(72)62(7)44(35(2)3)33-48(73-8)54-60-42(34-74-54)53(71)58-37(5)46(65)31-39(30-38-18-11-10-12-19-38)52(70)59-41(20-13-15-26-56)45(64)22-17-27-57-49(67)25-29-63-50(68)23-24-51(63)69/h10-12,18-19,23-24,34-37,39-41,43-44,48H,9,13-17,20-22,25-33,56H2,1-8H3,(H,57,67)(H,58,71)(H,59,70)/t36-,37-,39+,40-,41-,43+,44+,48+/m0/s1. The first-order valence-corrected chi connectivity index (χ1v) is 27.4. The Morgan fingerprint density at radius 3 is 2.26 bits per heavy atom. The number of imide groups is 1. The maximum atomic E-state index is 14.3. The minimum atomic E-state index is -1.00. The van der Waals surface area contributed by atoms with Crippen LogP contribution in [0.25, 0.3) is 0 Å². The quantitative estimate of drug-likeness (QED) is 0.0535. The monoisotopic (exact) mass is 1050 g/mol. The molecular weight excluding hydrogens is 965 g/mol. The number of nitrogens with one attached hydrogen (secondary N) is 3. The Morgan fingerprint density at radius 2 is 1.62 bits per heavy atom. The molecule has 18 nitrogen and oxygen atoms in total. The molecule has 0 radical (unpaired) electrons. The molecule has 1 saturated heterocycles. The Hall–Kier alpha value is -5.50. The number of likely N-dealkylation sites (tertiary alicyclic amines) is 1. The first kappa shape index (κ1) is 61.1. The smallest absolute Gasteiger partial charge is 0.271 e. The van der Waals surface area contributed by atoms with Crippen molar-refractivity contribution in [2.24, 2.45) is 29.4 Å². The van der Waals surface area contributed by atoms with Crippen LogP contribution in [0.3, 0.4) is 0 Å². The highest BCUT2D eigenvalue weighted by Crippen LogP contribution is 2.32. The topological polar surface area (TPSA) is 248 Å². The predicted octanol–water partition coefficient (Wildman–Crippen LogP) is 5.14. The highest BCUT2D eigenvalue weighted by atomic mass is 32.1. The SMILES string of the molecule is CC[C@H](C)[C@H](CC(=O)[C@H]1CCCCN1C)C(=O)N(C)[C@H](C[C@@H](OC)c1nc(C(=O)N[C@@H](C)C(=O)C[C@@H](Cc2ccccc2)C(=O)N[C@@H](CCCCN)C(=O)CCCNC(=O)CCN2C(=O)C=CC2=O)cs1)C(C)C. The highest BCUT2D eigenvalue weighted by Gasteiger charge is 2.38. The molecule has 74 heavy (non-hydrogen) atoms. The van der Waals surface area contributed by atoms with E-state index in [1.165, 1.54) is 11.3 Å². The van der Waals surface area contributed by atoms with Crippen LogP contribution in [0.15, 0.2) is 47.9 Å². The fraction of sp³-hybridized carbons (Fsp3) is 0.636. The lowest BCUT2D eigenvalue weighted by atomic mass is 9.83. The lowest BCUT2D eigenvalue weighted by Gasteiger charge is -2.37. The van der Waals surface area contributed by atoms with Gasteiger partial charge in [0.25, 0.3) is 17.7 Å². The number of nitrogens with zero attached hydrogens (tertiary/aromatic N) is 4. The molecule has 2 aromatic rings. The molecule has 2 aliphatic heterocycles. The van der Waals surface area contributed by atoms with Crippen molar-refractivity contribution in [3.8, 4) is 0 Å². The summed E-state index contributed by atoms with van der Waals surface area (Å²) in [5.41, 5.74) is 6.64. The third kappa shape index (κ3) is 18.4. The average Bonchev–Trinajstić information content (AvgIpc) is 4.01. The van der Waals surface area contributed by atoms with E-state index in [1.54, 1.807) is 31.4 Å². The minimum Gasteiger partial charge on any atom is -0.374 e. The fourth-order valence-electron chi connectivity index (χ4n) is 9.65. The molecule has 8 atom stereocenters. The summed E-state index contributed by atoms with van der Waals surface area (Å²) in [6, 6.07) is 6.89. The molecule has 1 aromatic heterocycles. The van der Waals surface area contributed by atoms with E-state index in [0.717, 1.165) is 54.8 Å².